The summed E-state index contributed by atoms with van der Waals surface area (Å²) in [5.41, 5.74) is 4.75. The summed E-state index contributed by atoms with van der Waals surface area (Å²) in [7, 11) is 0. The van der Waals surface area contributed by atoms with Crippen molar-refractivity contribution in [2.24, 2.45) is 0 Å². The van der Waals surface area contributed by atoms with Crippen molar-refractivity contribution in [2.75, 3.05) is 0 Å². The molecule has 0 atom stereocenters. The van der Waals surface area contributed by atoms with E-state index in [1.54, 1.807) is 12.1 Å². The predicted octanol–water partition coefficient (Wildman–Crippen LogP) is 11.3. The molecule has 0 spiro atoms. The first-order valence-electron chi connectivity index (χ1n) is 17.8. The zero-order valence-electron chi connectivity index (χ0n) is 30.2. The minimum Gasteiger partial charge on any atom is -0.435 e. The Morgan fingerprint density at radius 2 is 0.810 bits per heavy atom. The molecule has 6 heterocycles. The van der Waals surface area contributed by atoms with E-state index in [-0.39, 0.29) is 42.1 Å². The number of hydrogen-bond donors (Lipinski definition) is 0. The second-order valence-corrected chi connectivity index (χ2v) is 12.8. The topological polar surface area (TPSA) is 79.8 Å². The van der Waals surface area contributed by atoms with Crippen LogP contribution in [0.15, 0.2) is 170 Å². The number of fused-ring (bicyclic) bond motifs is 12. The fourth-order valence-corrected chi connectivity index (χ4v) is 6.74. The fraction of sp³-hybridized carbons (Fsp3) is 0. The van der Waals surface area contributed by atoms with E-state index in [4.69, 9.17) is 0 Å². The third-order valence-electron chi connectivity index (χ3n) is 9.34. The molecule has 10 heteroatoms. The minimum absolute atomic E-state index is 0. The summed E-state index contributed by atoms with van der Waals surface area (Å²) in [5.74, 6) is -0.972. The second-order valence-electron chi connectivity index (χ2n) is 12.8. The third-order valence-corrected chi connectivity index (χ3v) is 9.34. The molecule has 284 valence electrons. The van der Waals surface area contributed by atoms with Crippen molar-refractivity contribution < 1.29 is 50.9 Å². The van der Waals surface area contributed by atoms with E-state index < -0.39 is 11.9 Å². The van der Waals surface area contributed by atoms with E-state index in [0.717, 1.165) is 54.4 Å². The summed E-state index contributed by atoms with van der Waals surface area (Å²) < 4.78 is 25.6. The van der Waals surface area contributed by atoms with Crippen LogP contribution in [-0.2, 0) is 42.1 Å². The Bertz CT molecular complexity index is 3000. The van der Waals surface area contributed by atoms with Crippen molar-refractivity contribution in [2.45, 2.75) is 0 Å². The average Bonchev–Trinajstić information content (AvgIpc) is 3.81. The molecule has 58 heavy (non-hydrogen) atoms. The first kappa shape index (κ1) is 40.0. The van der Waals surface area contributed by atoms with Gasteiger partial charge in [-0.2, -0.15) is 0 Å². The maximum absolute atomic E-state index is 12.8. The van der Waals surface area contributed by atoms with Gasteiger partial charge in [-0.25, -0.2) is 8.78 Å². The molecular weight excluding hydrogens is 1090 g/mol. The molecule has 6 aromatic heterocycles. The summed E-state index contributed by atoms with van der Waals surface area (Å²) in [5, 5.41) is 10.8. The van der Waals surface area contributed by atoms with Crippen LogP contribution in [0, 0.1) is 24.0 Å². The van der Waals surface area contributed by atoms with Crippen molar-refractivity contribution in [3.05, 3.63) is 194 Å². The first-order chi connectivity index (χ1) is 27.6. The molecule has 0 N–H and O–H groups in total. The third kappa shape index (κ3) is 8.26. The van der Waals surface area contributed by atoms with Crippen LogP contribution in [0.25, 0.3) is 87.2 Å². The minimum atomic E-state index is -0.486. The summed E-state index contributed by atoms with van der Waals surface area (Å²) in [6.07, 6.45) is 3.64. The Balaban J connectivity index is 0.000000116. The standard InChI is InChI=1S/2C13H8N.2C11H6FN2.2Pt/c2*1-2-6-12-10(4-1)7-8-11-5-3-9-14-13(11)12;2*12-10-6-5-8-7-3-1-2-4-9(7)13-11(8)14-10;;/h2*1-5,7-9H;2*1-6H;;/q4*-1;2*+2. The molecule has 6 nitrogen and oxygen atoms in total. The molecule has 0 fully saturated rings. The van der Waals surface area contributed by atoms with Crippen LogP contribution in [0.3, 0.4) is 0 Å². The average molecular weight is 1120 g/mol. The van der Waals surface area contributed by atoms with Crippen LogP contribution in [0.4, 0.5) is 8.78 Å². The molecular formula is C48H28F2N6Pt2. The number of para-hydroxylation sites is 2. The van der Waals surface area contributed by atoms with Gasteiger partial charge in [0.05, 0.1) is 0 Å². The van der Waals surface area contributed by atoms with Gasteiger partial charge in [-0.15, -0.1) is 70.1 Å². The number of pyridine rings is 4. The van der Waals surface area contributed by atoms with Crippen molar-refractivity contribution in [3.63, 3.8) is 0 Å². The molecule has 12 rings (SSSR count). The van der Waals surface area contributed by atoms with Crippen LogP contribution in [0.1, 0.15) is 0 Å². The van der Waals surface area contributed by atoms with E-state index >= 15 is 0 Å². The summed E-state index contributed by atoms with van der Waals surface area (Å²) in [6.45, 7) is 0. The zero-order chi connectivity index (χ0) is 37.8. The van der Waals surface area contributed by atoms with Crippen LogP contribution >= 0.6 is 0 Å². The van der Waals surface area contributed by atoms with Crippen LogP contribution < -0.4 is 9.97 Å². The molecule has 0 bridgehead atoms. The van der Waals surface area contributed by atoms with Gasteiger partial charge in [-0.1, -0.05) is 97.1 Å². The van der Waals surface area contributed by atoms with E-state index in [1.807, 2.05) is 97.3 Å². The van der Waals surface area contributed by atoms with Gasteiger partial charge in [0.15, 0.2) is 0 Å². The van der Waals surface area contributed by atoms with Gasteiger partial charge in [0.2, 0.25) is 0 Å². The summed E-state index contributed by atoms with van der Waals surface area (Å²) in [6, 6.07) is 56.5. The molecule has 0 aliphatic carbocycles. The Labute approximate surface area is 359 Å². The largest absolute Gasteiger partial charge is 2.00 e. The number of hydrogen-bond acceptors (Lipinski definition) is 4. The summed E-state index contributed by atoms with van der Waals surface area (Å²) in [4.78, 5) is 24.7. The first-order valence-corrected chi connectivity index (χ1v) is 17.8. The van der Waals surface area contributed by atoms with Crippen LogP contribution in [-0.4, -0.2) is 19.9 Å². The predicted molar refractivity (Wildman–Crippen MR) is 221 cm³/mol. The number of halogens is 2. The van der Waals surface area contributed by atoms with Crippen LogP contribution in [0.2, 0.25) is 0 Å². The van der Waals surface area contributed by atoms with Crippen molar-refractivity contribution in [3.8, 4) is 0 Å². The Hall–Kier alpha value is -6.20. The molecule has 0 aliphatic rings. The molecule has 0 saturated heterocycles. The number of nitrogens with zero attached hydrogens (tertiary/aromatic N) is 6. The SMILES string of the molecule is Fc1ccc2c(n1)[n-]c1ccccc12.Fc1ccc2c(n1)[n-]c1ccccc12.[Pt+2].[Pt+2].[c-]1cccc2ccc3cccnc3c12.[c-]1cccc2ccc3cccnc3c12. The molecule has 0 radical (unpaired) electrons. The Morgan fingerprint density at radius 3 is 1.28 bits per heavy atom. The number of benzene rings is 6. The molecule has 0 aliphatic heterocycles. The van der Waals surface area contributed by atoms with Crippen molar-refractivity contribution in [1.82, 2.24) is 29.9 Å². The second kappa shape index (κ2) is 17.9. The molecule has 6 aromatic carbocycles. The van der Waals surface area contributed by atoms with Gasteiger partial charge in [-0.05, 0) is 89.9 Å². The van der Waals surface area contributed by atoms with Gasteiger partial charge in [-0.3, -0.25) is 0 Å². The number of aromatic nitrogens is 6. The normalized spacial score (nSPS) is 10.7. The summed E-state index contributed by atoms with van der Waals surface area (Å²) >= 11 is 0. The molecule has 0 unspecified atom stereocenters. The molecule has 0 amide bonds. The maximum Gasteiger partial charge on any atom is 2.00 e. The zero-order valence-corrected chi connectivity index (χ0v) is 34.8. The van der Waals surface area contributed by atoms with Gasteiger partial charge in [0, 0.05) is 12.4 Å². The van der Waals surface area contributed by atoms with Crippen LogP contribution in [0.5, 0.6) is 0 Å². The van der Waals surface area contributed by atoms with Gasteiger partial charge in [0.25, 0.3) is 0 Å². The van der Waals surface area contributed by atoms with Crippen molar-refractivity contribution >= 4 is 87.2 Å². The van der Waals surface area contributed by atoms with Gasteiger partial charge < -0.3 is 29.9 Å². The van der Waals surface area contributed by atoms with Crippen molar-refractivity contribution in [1.29, 1.82) is 0 Å². The van der Waals surface area contributed by atoms with E-state index in [0.29, 0.717) is 11.3 Å². The van der Waals surface area contributed by atoms with Gasteiger partial charge >= 0.3 is 42.1 Å². The van der Waals surface area contributed by atoms with E-state index in [2.05, 4.69) is 90.6 Å². The van der Waals surface area contributed by atoms with Gasteiger partial charge in [0.1, 0.15) is 11.9 Å². The monoisotopic (exact) mass is 1120 g/mol. The Morgan fingerprint density at radius 1 is 0.397 bits per heavy atom. The molecule has 0 saturated carbocycles. The fourth-order valence-electron chi connectivity index (χ4n) is 6.74. The quantitative estimate of drug-likeness (QED) is 0.0855. The number of rotatable bonds is 0. The smallest absolute Gasteiger partial charge is 0.435 e. The van der Waals surface area contributed by atoms with E-state index in [1.165, 1.54) is 33.7 Å². The molecule has 12 aromatic rings. The maximum atomic E-state index is 12.8. The van der Waals surface area contributed by atoms with E-state index in [9.17, 15) is 8.78 Å². The Kier molecular flexibility index (Phi) is 12.4.